The zero-order valence-corrected chi connectivity index (χ0v) is 10.8. The van der Waals surface area contributed by atoms with Crippen LogP contribution < -0.4 is 5.73 Å². The van der Waals surface area contributed by atoms with E-state index in [1.165, 1.54) is 12.1 Å². The van der Waals surface area contributed by atoms with Crippen LogP contribution in [-0.2, 0) is 6.54 Å². The lowest BCUT2D eigenvalue weighted by molar-refractivity contribution is 0.627. The first kappa shape index (κ1) is 12.6. The minimum atomic E-state index is -0.263. The van der Waals surface area contributed by atoms with Crippen molar-refractivity contribution in [3.8, 4) is 16.9 Å². The quantitative estimate of drug-likeness (QED) is 0.792. The van der Waals surface area contributed by atoms with Gasteiger partial charge < -0.3 is 5.73 Å². The summed E-state index contributed by atoms with van der Waals surface area (Å²) in [5.41, 5.74) is 9.27. The standard InChI is InChI=1S/C16H14FN3/c17-13-6-8-15(9-7-13)20-16(10-14(11-18)19-20)12-4-2-1-3-5-12/h1-10H,11,18H2. The molecular formula is C16H14FN3. The van der Waals surface area contributed by atoms with Crippen molar-refractivity contribution in [3.05, 3.63) is 72.2 Å². The van der Waals surface area contributed by atoms with Crippen molar-refractivity contribution in [2.45, 2.75) is 6.54 Å². The first-order chi connectivity index (χ1) is 9.78. The van der Waals surface area contributed by atoms with Gasteiger partial charge in [0.2, 0.25) is 0 Å². The number of benzene rings is 2. The maximum absolute atomic E-state index is 13.0. The highest BCUT2D eigenvalue weighted by molar-refractivity contribution is 5.62. The van der Waals surface area contributed by atoms with Crippen LogP contribution in [0.2, 0.25) is 0 Å². The highest BCUT2D eigenvalue weighted by Crippen LogP contribution is 2.23. The number of rotatable bonds is 3. The molecule has 4 heteroatoms. The van der Waals surface area contributed by atoms with Crippen LogP contribution in [0.25, 0.3) is 16.9 Å². The van der Waals surface area contributed by atoms with Gasteiger partial charge in [-0.15, -0.1) is 0 Å². The predicted octanol–water partition coefficient (Wildman–Crippen LogP) is 3.14. The molecule has 2 aromatic carbocycles. The van der Waals surface area contributed by atoms with E-state index in [-0.39, 0.29) is 5.82 Å². The monoisotopic (exact) mass is 267 g/mol. The smallest absolute Gasteiger partial charge is 0.123 e. The molecule has 20 heavy (non-hydrogen) atoms. The number of nitrogens with two attached hydrogens (primary N) is 1. The second-order valence-corrected chi connectivity index (χ2v) is 4.48. The van der Waals surface area contributed by atoms with Gasteiger partial charge in [-0.3, -0.25) is 0 Å². The zero-order valence-electron chi connectivity index (χ0n) is 10.8. The van der Waals surface area contributed by atoms with Crippen molar-refractivity contribution in [2.24, 2.45) is 5.73 Å². The van der Waals surface area contributed by atoms with E-state index < -0.39 is 0 Å². The molecule has 0 unspecified atom stereocenters. The van der Waals surface area contributed by atoms with Gasteiger partial charge in [0.05, 0.1) is 17.1 Å². The number of hydrogen-bond acceptors (Lipinski definition) is 2. The summed E-state index contributed by atoms with van der Waals surface area (Å²) >= 11 is 0. The normalized spacial score (nSPS) is 10.7. The molecular weight excluding hydrogens is 253 g/mol. The average Bonchev–Trinajstić information content (AvgIpc) is 2.93. The molecule has 1 heterocycles. The molecule has 0 aliphatic rings. The molecule has 0 amide bonds. The van der Waals surface area contributed by atoms with Crippen LogP contribution in [0, 0.1) is 5.82 Å². The molecule has 1 aromatic heterocycles. The molecule has 0 saturated heterocycles. The fraction of sp³-hybridized carbons (Fsp3) is 0.0625. The Kier molecular flexibility index (Phi) is 3.31. The lowest BCUT2D eigenvalue weighted by Crippen LogP contribution is -2.01. The van der Waals surface area contributed by atoms with Crippen LogP contribution in [-0.4, -0.2) is 9.78 Å². The molecule has 0 aliphatic carbocycles. The van der Waals surface area contributed by atoms with Crippen molar-refractivity contribution in [1.82, 2.24) is 9.78 Å². The molecule has 0 radical (unpaired) electrons. The Morgan fingerprint density at radius 1 is 1.00 bits per heavy atom. The molecule has 0 atom stereocenters. The average molecular weight is 267 g/mol. The zero-order chi connectivity index (χ0) is 13.9. The minimum absolute atomic E-state index is 0.263. The number of hydrogen-bond donors (Lipinski definition) is 1. The van der Waals surface area contributed by atoms with Crippen LogP contribution in [0.3, 0.4) is 0 Å². The van der Waals surface area contributed by atoms with E-state index in [1.807, 2.05) is 36.4 Å². The Bertz CT molecular complexity index is 702. The van der Waals surface area contributed by atoms with Gasteiger partial charge >= 0.3 is 0 Å². The first-order valence-corrected chi connectivity index (χ1v) is 6.38. The molecule has 100 valence electrons. The third-order valence-electron chi connectivity index (χ3n) is 3.11. The summed E-state index contributed by atoms with van der Waals surface area (Å²) in [5.74, 6) is -0.263. The predicted molar refractivity (Wildman–Crippen MR) is 76.8 cm³/mol. The summed E-state index contributed by atoms with van der Waals surface area (Å²) in [5, 5.41) is 4.47. The number of nitrogens with zero attached hydrogens (tertiary/aromatic N) is 2. The van der Waals surface area contributed by atoms with Gasteiger partial charge in [0, 0.05) is 12.1 Å². The van der Waals surface area contributed by atoms with Gasteiger partial charge in [0.1, 0.15) is 5.82 Å². The van der Waals surface area contributed by atoms with Crippen LogP contribution >= 0.6 is 0 Å². The maximum Gasteiger partial charge on any atom is 0.123 e. The summed E-state index contributed by atoms with van der Waals surface area (Å²) < 4.78 is 14.8. The molecule has 0 bridgehead atoms. The Morgan fingerprint density at radius 3 is 2.35 bits per heavy atom. The van der Waals surface area contributed by atoms with Gasteiger partial charge in [0.25, 0.3) is 0 Å². The highest BCUT2D eigenvalue weighted by Gasteiger charge is 2.10. The fourth-order valence-corrected chi connectivity index (χ4v) is 2.12. The van der Waals surface area contributed by atoms with Gasteiger partial charge in [-0.1, -0.05) is 30.3 Å². The van der Waals surface area contributed by atoms with E-state index in [0.29, 0.717) is 6.54 Å². The van der Waals surface area contributed by atoms with Gasteiger partial charge in [0.15, 0.2) is 0 Å². The fourth-order valence-electron chi connectivity index (χ4n) is 2.12. The van der Waals surface area contributed by atoms with Gasteiger partial charge in [-0.05, 0) is 30.3 Å². The van der Waals surface area contributed by atoms with Crippen LogP contribution in [0.4, 0.5) is 4.39 Å². The molecule has 3 rings (SSSR count). The Morgan fingerprint density at radius 2 is 1.70 bits per heavy atom. The molecule has 3 nitrogen and oxygen atoms in total. The first-order valence-electron chi connectivity index (χ1n) is 6.38. The molecule has 0 spiro atoms. The third kappa shape index (κ3) is 2.33. The van der Waals surface area contributed by atoms with Crippen molar-refractivity contribution in [1.29, 1.82) is 0 Å². The van der Waals surface area contributed by atoms with Crippen LogP contribution in [0.15, 0.2) is 60.7 Å². The largest absolute Gasteiger partial charge is 0.325 e. The minimum Gasteiger partial charge on any atom is -0.325 e. The Hall–Kier alpha value is -2.46. The van der Waals surface area contributed by atoms with Crippen molar-refractivity contribution < 1.29 is 4.39 Å². The lowest BCUT2D eigenvalue weighted by atomic mass is 10.1. The van der Waals surface area contributed by atoms with Gasteiger partial charge in [-0.25, -0.2) is 9.07 Å². The van der Waals surface area contributed by atoms with Crippen LogP contribution in [0.5, 0.6) is 0 Å². The van der Waals surface area contributed by atoms with E-state index in [1.54, 1.807) is 16.8 Å². The topological polar surface area (TPSA) is 43.8 Å². The number of halogens is 1. The summed E-state index contributed by atoms with van der Waals surface area (Å²) in [6, 6.07) is 18.1. The summed E-state index contributed by atoms with van der Waals surface area (Å²) in [4.78, 5) is 0. The van der Waals surface area contributed by atoms with E-state index in [0.717, 1.165) is 22.6 Å². The third-order valence-corrected chi connectivity index (χ3v) is 3.11. The van der Waals surface area contributed by atoms with Crippen molar-refractivity contribution in [3.63, 3.8) is 0 Å². The van der Waals surface area contributed by atoms with Gasteiger partial charge in [-0.2, -0.15) is 5.10 Å². The summed E-state index contributed by atoms with van der Waals surface area (Å²) in [6.07, 6.45) is 0. The second-order valence-electron chi connectivity index (χ2n) is 4.48. The van der Waals surface area contributed by atoms with Crippen molar-refractivity contribution >= 4 is 0 Å². The van der Waals surface area contributed by atoms with E-state index in [9.17, 15) is 4.39 Å². The SMILES string of the molecule is NCc1cc(-c2ccccc2)n(-c2ccc(F)cc2)n1. The Balaban J connectivity index is 2.15. The number of aromatic nitrogens is 2. The summed E-state index contributed by atoms with van der Waals surface area (Å²) in [6.45, 7) is 0.369. The Labute approximate surface area is 116 Å². The molecule has 2 N–H and O–H groups in total. The molecule has 0 saturated carbocycles. The van der Waals surface area contributed by atoms with E-state index in [4.69, 9.17) is 5.73 Å². The highest BCUT2D eigenvalue weighted by atomic mass is 19.1. The lowest BCUT2D eigenvalue weighted by Gasteiger charge is -2.07. The van der Waals surface area contributed by atoms with E-state index >= 15 is 0 Å². The molecule has 3 aromatic rings. The maximum atomic E-state index is 13.0. The molecule has 0 aliphatic heterocycles. The van der Waals surface area contributed by atoms with Crippen LogP contribution in [0.1, 0.15) is 5.69 Å². The molecule has 0 fully saturated rings. The second kappa shape index (κ2) is 5.27. The van der Waals surface area contributed by atoms with Crippen molar-refractivity contribution in [2.75, 3.05) is 0 Å². The van der Waals surface area contributed by atoms with E-state index in [2.05, 4.69) is 5.10 Å². The summed E-state index contributed by atoms with van der Waals surface area (Å²) in [7, 11) is 0.